The lowest BCUT2D eigenvalue weighted by atomic mass is 9.33. The molecule has 0 N–H and O–H groups in total. The Labute approximate surface area is 462 Å². The summed E-state index contributed by atoms with van der Waals surface area (Å²) in [5, 5.41) is 0. The Morgan fingerprint density at radius 3 is 1.63 bits per heavy atom. The van der Waals surface area contributed by atoms with Crippen molar-refractivity contribution < 1.29 is 4.39 Å². The minimum Gasteiger partial charge on any atom is -0.334 e. The molecular weight excluding hydrogens is 949 g/mol. The fourth-order valence-electron chi connectivity index (χ4n) is 15.0. The van der Waals surface area contributed by atoms with Crippen molar-refractivity contribution in [3.8, 4) is 33.4 Å². The van der Waals surface area contributed by atoms with Gasteiger partial charge < -0.3 is 14.7 Å². The van der Waals surface area contributed by atoms with Gasteiger partial charge >= 0.3 is 0 Å². The molecule has 0 radical (unpaired) electrons. The van der Waals surface area contributed by atoms with Gasteiger partial charge in [0.05, 0.1) is 11.2 Å². The summed E-state index contributed by atoms with van der Waals surface area (Å²) < 4.78 is 15.7. The maximum Gasteiger partial charge on any atom is 0.252 e. The first-order valence-electron chi connectivity index (χ1n) is 28.6. The van der Waals surface area contributed by atoms with E-state index in [0.717, 1.165) is 60.4 Å². The summed E-state index contributed by atoms with van der Waals surface area (Å²) >= 11 is 0. The first-order chi connectivity index (χ1) is 37.4. The zero-order valence-electron chi connectivity index (χ0n) is 46.8. The molecule has 2 aliphatic carbocycles. The lowest BCUT2D eigenvalue weighted by Crippen LogP contribution is -2.62. The quantitative estimate of drug-likeness (QED) is 0.154. The van der Waals surface area contributed by atoms with Gasteiger partial charge in [-0.3, -0.25) is 0 Å². The molecule has 1 saturated carbocycles. The van der Waals surface area contributed by atoms with Crippen LogP contribution in [0, 0.1) is 5.82 Å². The van der Waals surface area contributed by atoms with Crippen molar-refractivity contribution in [3.05, 3.63) is 222 Å². The van der Waals surface area contributed by atoms with Gasteiger partial charge in [0, 0.05) is 50.8 Å². The van der Waals surface area contributed by atoms with Gasteiger partial charge in [-0.1, -0.05) is 189 Å². The average Bonchev–Trinajstić information content (AvgIpc) is 2.81. The lowest BCUT2D eigenvalue weighted by molar-refractivity contribution is 0.330. The minimum absolute atomic E-state index is 0.0247. The highest BCUT2D eigenvalue weighted by Crippen LogP contribution is 2.63. The lowest BCUT2D eigenvalue weighted by Gasteiger charge is -2.49. The second kappa shape index (κ2) is 17.2. The average molecular weight is 1020 g/mol. The van der Waals surface area contributed by atoms with Gasteiger partial charge in [0.1, 0.15) is 5.82 Å². The number of fused-ring (bicyclic) bond motifs is 8. The SMILES string of the molecule is CC(C)(C)c1ccc(N2c3cc4c(cc3B3c5cc(-c6ccccc6)ccc5N(c5ccc(-c6ccccc6)cc5)c5cc(N6c7ccc(F)cc7C7(C)CCCC67C)cc2c53)C(C)(C)CCC4(C)C)c(-c2ccccc2)c1. The Bertz CT molecular complexity index is 3880. The van der Waals surface area contributed by atoms with Crippen molar-refractivity contribution in [1.29, 1.82) is 0 Å². The van der Waals surface area contributed by atoms with Crippen LogP contribution in [0.5, 0.6) is 0 Å². The molecule has 14 rings (SSSR count). The molecule has 3 nitrogen and oxygen atoms in total. The number of rotatable bonds is 6. The summed E-state index contributed by atoms with van der Waals surface area (Å²) in [5.74, 6) is -0.171. The zero-order chi connectivity index (χ0) is 53.7. The van der Waals surface area contributed by atoms with E-state index in [9.17, 15) is 0 Å². The van der Waals surface area contributed by atoms with Gasteiger partial charge in [-0.15, -0.1) is 0 Å². The Morgan fingerprint density at radius 2 is 0.974 bits per heavy atom. The van der Waals surface area contributed by atoms with Crippen LogP contribution in [0.2, 0.25) is 0 Å². The van der Waals surface area contributed by atoms with Gasteiger partial charge in [-0.25, -0.2) is 4.39 Å². The molecule has 0 aromatic heterocycles. The first-order valence-corrected chi connectivity index (χ1v) is 28.6. The molecule has 1 fully saturated rings. The maximum atomic E-state index is 15.7. The third kappa shape index (κ3) is 7.22. The Balaban J connectivity index is 1.14. The van der Waals surface area contributed by atoms with Gasteiger partial charge in [-0.05, 0) is 182 Å². The summed E-state index contributed by atoms with van der Waals surface area (Å²) in [7, 11) is 0. The number of hydrogen-bond donors (Lipinski definition) is 0. The fraction of sp³-hybridized carbons (Fsp3) is 0.260. The van der Waals surface area contributed by atoms with Crippen LogP contribution in [0.15, 0.2) is 194 Å². The summed E-state index contributed by atoms with van der Waals surface area (Å²) in [4.78, 5) is 7.89. The van der Waals surface area contributed by atoms with E-state index in [1.807, 2.05) is 6.07 Å². The van der Waals surface area contributed by atoms with Crippen molar-refractivity contribution in [2.75, 3.05) is 14.7 Å². The third-order valence-corrected chi connectivity index (χ3v) is 19.6. The molecule has 2 atom stereocenters. The van der Waals surface area contributed by atoms with E-state index in [0.29, 0.717) is 0 Å². The molecule has 5 aliphatic rings. The van der Waals surface area contributed by atoms with Gasteiger partial charge in [0.15, 0.2) is 0 Å². The largest absolute Gasteiger partial charge is 0.334 e. The van der Waals surface area contributed by atoms with Crippen LogP contribution in [0.1, 0.15) is 117 Å². The molecule has 9 aromatic carbocycles. The number of halogens is 1. The predicted octanol–water partition coefficient (Wildman–Crippen LogP) is 17.9. The molecule has 0 saturated heterocycles. The van der Waals surface area contributed by atoms with E-state index < -0.39 is 0 Å². The predicted molar refractivity (Wildman–Crippen MR) is 329 cm³/mol. The van der Waals surface area contributed by atoms with Crippen LogP contribution in [0.3, 0.4) is 0 Å². The van der Waals surface area contributed by atoms with E-state index in [1.54, 1.807) is 6.07 Å². The fourth-order valence-corrected chi connectivity index (χ4v) is 15.0. The highest BCUT2D eigenvalue weighted by molar-refractivity contribution is 7.00. The highest BCUT2D eigenvalue weighted by Gasteiger charge is 2.60. The van der Waals surface area contributed by atoms with E-state index in [1.165, 1.54) is 89.2 Å². The van der Waals surface area contributed by atoms with Crippen molar-refractivity contribution >= 4 is 68.6 Å². The van der Waals surface area contributed by atoms with E-state index in [-0.39, 0.29) is 39.7 Å². The molecular formula is C73H69BFN3. The molecule has 386 valence electrons. The van der Waals surface area contributed by atoms with E-state index >= 15 is 4.39 Å². The normalized spacial score (nSPS) is 20.1. The summed E-state index contributed by atoms with van der Waals surface area (Å²) in [6.45, 7) is 21.6. The second-order valence-corrected chi connectivity index (χ2v) is 26.1. The molecule has 78 heavy (non-hydrogen) atoms. The Kier molecular flexibility index (Phi) is 10.7. The number of nitrogens with zero attached hydrogens (tertiary/aromatic N) is 3. The van der Waals surface area contributed by atoms with E-state index in [4.69, 9.17) is 0 Å². The van der Waals surface area contributed by atoms with Crippen LogP contribution in [-0.2, 0) is 21.7 Å². The monoisotopic (exact) mass is 1020 g/mol. The Morgan fingerprint density at radius 1 is 0.423 bits per heavy atom. The molecule has 3 heterocycles. The topological polar surface area (TPSA) is 9.72 Å². The van der Waals surface area contributed by atoms with Crippen LogP contribution in [-0.4, -0.2) is 12.3 Å². The molecule has 2 unspecified atom stereocenters. The third-order valence-electron chi connectivity index (χ3n) is 19.6. The maximum absolute atomic E-state index is 15.7. The molecule has 3 aliphatic heterocycles. The molecule has 5 heteroatoms. The molecule has 0 spiro atoms. The smallest absolute Gasteiger partial charge is 0.252 e. The second-order valence-electron chi connectivity index (χ2n) is 26.1. The molecule has 0 amide bonds. The first kappa shape index (κ1) is 48.7. The molecule has 9 aromatic rings. The van der Waals surface area contributed by atoms with Crippen LogP contribution in [0.25, 0.3) is 33.4 Å². The van der Waals surface area contributed by atoms with Crippen LogP contribution < -0.4 is 31.1 Å². The van der Waals surface area contributed by atoms with Crippen molar-refractivity contribution in [2.45, 2.75) is 122 Å². The van der Waals surface area contributed by atoms with Gasteiger partial charge in [0.25, 0.3) is 6.71 Å². The van der Waals surface area contributed by atoms with Crippen molar-refractivity contribution in [2.24, 2.45) is 0 Å². The van der Waals surface area contributed by atoms with Crippen molar-refractivity contribution in [3.63, 3.8) is 0 Å². The zero-order valence-corrected chi connectivity index (χ0v) is 46.8. The van der Waals surface area contributed by atoms with Crippen LogP contribution in [0.4, 0.5) is 49.9 Å². The summed E-state index contributed by atoms with van der Waals surface area (Å²) in [6.07, 6.45) is 5.32. The number of benzene rings is 9. The number of anilines is 8. The van der Waals surface area contributed by atoms with Crippen LogP contribution >= 0.6 is 0 Å². The molecule has 0 bridgehead atoms. The van der Waals surface area contributed by atoms with Gasteiger partial charge in [-0.2, -0.15) is 0 Å². The summed E-state index contributed by atoms with van der Waals surface area (Å²) in [5.41, 5.74) is 25.0. The minimum atomic E-state index is -0.307. The standard InChI is InChI=1S/C73H69BFN3/c1-69(2,3)52-29-34-62(56(41-52)50-24-17-12-18-25-50)77-65-46-58-57(70(4,5)38-39-71(58,6)7)45-61(65)74-60-40-51(48-22-15-11-16-23-48)28-33-64(60)76(54-31-26-49(27-32-54)47-20-13-10-14-21-47)66-43-55(44-67(77)68(66)74)78-63-35-30-53(75)42-59(63)72(8)36-19-37-73(72,78)9/h10-18,20-35,40-46H,19,36-39H2,1-9H3. The van der Waals surface area contributed by atoms with Crippen molar-refractivity contribution in [1.82, 2.24) is 0 Å². The highest BCUT2D eigenvalue weighted by atomic mass is 19.1. The number of hydrogen-bond acceptors (Lipinski definition) is 3. The summed E-state index contributed by atoms with van der Waals surface area (Å²) in [6, 6.07) is 72.4. The van der Waals surface area contributed by atoms with E-state index in [2.05, 4.69) is 259 Å². The van der Waals surface area contributed by atoms with Gasteiger partial charge in [0.2, 0.25) is 0 Å². The Hall–Kier alpha value is -7.63.